The van der Waals surface area contributed by atoms with Crippen molar-refractivity contribution in [2.75, 3.05) is 6.61 Å². The molecule has 0 bridgehead atoms. The Morgan fingerprint density at radius 3 is 2.12 bits per heavy atom. The van der Waals surface area contributed by atoms with Crippen LogP contribution in [0, 0.1) is 23.4 Å². The largest absolute Gasteiger partial charge is 0.491 e. The van der Waals surface area contributed by atoms with Crippen LogP contribution in [-0.2, 0) is 4.79 Å². The Morgan fingerprint density at radius 1 is 0.848 bits per heavy atom. The van der Waals surface area contributed by atoms with Crippen LogP contribution in [0.15, 0.2) is 54.6 Å². The normalized spacial score (nSPS) is 14.2. The molecule has 0 N–H and O–H groups in total. The molecule has 0 atom stereocenters. The number of hydrogen-bond acceptors (Lipinski definition) is 3. The molecule has 1 aliphatic rings. The van der Waals surface area contributed by atoms with Crippen molar-refractivity contribution in [2.24, 2.45) is 5.92 Å². The maximum atomic E-state index is 14.8. The highest BCUT2D eigenvalue weighted by atomic mass is 19.2. The van der Waals surface area contributed by atoms with E-state index in [9.17, 15) is 18.0 Å². The number of rotatable bonds is 6. The van der Waals surface area contributed by atoms with Crippen LogP contribution in [0.5, 0.6) is 11.5 Å². The third-order valence-electron chi connectivity index (χ3n) is 5.95. The number of benzene rings is 3. The van der Waals surface area contributed by atoms with Crippen molar-refractivity contribution in [1.82, 2.24) is 0 Å². The quantitative estimate of drug-likeness (QED) is 0.289. The molecule has 172 valence electrons. The van der Waals surface area contributed by atoms with Crippen LogP contribution < -0.4 is 9.47 Å². The van der Waals surface area contributed by atoms with E-state index in [4.69, 9.17) is 9.47 Å². The van der Waals surface area contributed by atoms with Gasteiger partial charge >= 0.3 is 5.97 Å². The molecular weight excluding hydrogens is 429 g/mol. The molecule has 3 nitrogen and oxygen atoms in total. The minimum absolute atomic E-state index is 0.0907. The molecule has 3 aromatic carbocycles. The van der Waals surface area contributed by atoms with Crippen LogP contribution in [0.2, 0.25) is 0 Å². The Labute approximate surface area is 191 Å². The van der Waals surface area contributed by atoms with Crippen molar-refractivity contribution in [3.8, 4) is 33.8 Å². The molecule has 33 heavy (non-hydrogen) atoms. The van der Waals surface area contributed by atoms with Gasteiger partial charge in [0.2, 0.25) is 5.82 Å². The Kier molecular flexibility index (Phi) is 7.02. The number of hydrogen-bond donors (Lipinski definition) is 0. The molecule has 4 rings (SSSR count). The van der Waals surface area contributed by atoms with Gasteiger partial charge < -0.3 is 9.47 Å². The summed E-state index contributed by atoms with van der Waals surface area (Å²) in [4.78, 5) is 12.3. The maximum absolute atomic E-state index is 14.8. The molecule has 0 aromatic heterocycles. The molecule has 3 aromatic rings. The van der Waals surface area contributed by atoms with E-state index in [1.54, 1.807) is 43.3 Å². The van der Waals surface area contributed by atoms with Gasteiger partial charge in [0.15, 0.2) is 11.6 Å². The fraction of sp³-hybridized carbons (Fsp3) is 0.296. The van der Waals surface area contributed by atoms with Crippen LogP contribution in [0.3, 0.4) is 0 Å². The number of halogens is 3. The molecule has 0 radical (unpaired) electrons. The first-order valence-corrected chi connectivity index (χ1v) is 11.2. The fourth-order valence-corrected chi connectivity index (χ4v) is 4.18. The van der Waals surface area contributed by atoms with Crippen molar-refractivity contribution in [1.29, 1.82) is 0 Å². The maximum Gasteiger partial charge on any atom is 0.314 e. The summed E-state index contributed by atoms with van der Waals surface area (Å²) < 4.78 is 53.9. The Morgan fingerprint density at radius 2 is 1.48 bits per heavy atom. The minimum atomic E-state index is -1.04. The number of esters is 1. The highest BCUT2D eigenvalue weighted by Gasteiger charge is 2.23. The molecule has 0 heterocycles. The molecule has 0 saturated heterocycles. The van der Waals surface area contributed by atoms with Gasteiger partial charge in [0.05, 0.1) is 12.5 Å². The average Bonchev–Trinajstić information content (AvgIpc) is 2.83. The smallest absolute Gasteiger partial charge is 0.314 e. The van der Waals surface area contributed by atoms with Crippen LogP contribution in [0.1, 0.15) is 39.0 Å². The summed E-state index contributed by atoms with van der Waals surface area (Å²) in [6.45, 7) is 1.92. The van der Waals surface area contributed by atoms with E-state index >= 15 is 0 Å². The summed E-state index contributed by atoms with van der Waals surface area (Å²) in [6, 6.07) is 13.6. The summed E-state index contributed by atoms with van der Waals surface area (Å²) in [6.07, 6.45) is 4.77. The fourth-order valence-electron chi connectivity index (χ4n) is 4.18. The first-order chi connectivity index (χ1) is 16.0. The second-order valence-corrected chi connectivity index (χ2v) is 8.15. The number of ether oxygens (including phenoxy) is 2. The van der Waals surface area contributed by atoms with Gasteiger partial charge in [0.1, 0.15) is 11.6 Å². The van der Waals surface area contributed by atoms with Gasteiger partial charge in [-0.05, 0) is 55.2 Å². The topological polar surface area (TPSA) is 35.5 Å². The molecule has 1 saturated carbocycles. The number of carbonyl (C=O) groups is 1. The lowest BCUT2D eigenvalue weighted by Gasteiger charge is -2.19. The highest BCUT2D eigenvalue weighted by molar-refractivity contribution is 5.76. The second kappa shape index (κ2) is 10.1. The first kappa shape index (κ1) is 22.9. The van der Waals surface area contributed by atoms with E-state index in [2.05, 4.69) is 0 Å². The monoisotopic (exact) mass is 454 g/mol. The average molecular weight is 454 g/mol. The number of carbonyl (C=O) groups excluding carboxylic acids is 1. The summed E-state index contributed by atoms with van der Waals surface area (Å²) in [5, 5.41) is 0. The molecule has 0 amide bonds. The first-order valence-electron chi connectivity index (χ1n) is 11.2. The van der Waals surface area contributed by atoms with Crippen molar-refractivity contribution < 1.29 is 27.4 Å². The molecule has 0 spiro atoms. The predicted octanol–water partition coefficient (Wildman–Crippen LogP) is 7.32. The Hall–Kier alpha value is -3.28. The SMILES string of the molecule is CCOc1ccc(-c2ccc(-c3ccc(OC(=O)C4CCCCC4)cc3F)cc2)c(F)c1F. The van der Waals surface area contributed by atoms with Crippen molar-refractivity contribution in [3.63, 3.8) is 0 Å². The van der Waals surface area contributed by atoms with Gasteiger partial charge in [-0.15, -0.1) is 0 Å². The standard InChI is InChI=1S/C27H25F3O3/c1-2-32-24-15-14-22(25(29)26(24)30)18-10-8-17(9-11-18)21-13-12-20(16-23(21)28)33-27(31)19-6-4-3-5-7-19/h8-16,19H,2-7H2,1H3. The third kappa shape index (κ3) is 5.05. The lowest BCUT2D eigenvalue weighted by atomic mass is 9.89. The van der Waals surface area contributed by atoms with E-state index in [0.717, 1.165) is 32.1 Å². The van der Waals surface area contributed by atoms with Gasteiger partial charge in [0.25, 0.3) is 0 Å². The van der Waals surface area contributed by atoms with Crippen LogP contribution in [-0.4, -0.2) is 12.6 Å². The molecule has 1 aliphatic carbocycles. The van der Waals surface area contributed by atoms with Gasteiger partial charge in [-0.3, -0.25) is 4.79 Å². The van der Waals surface area contributed by atoms with E-state index < -0.39 is 17.5 Å². The Balaban J connectivity index is 1.51. The van der Waals surface area contributed by atoms with Crippen LogP contribution >= 0.6 is 0 Å². The van der Waals surface area contributed by atoms with E-state index in [-0.39, 0.29) is 35.6 Å². The van der Waals surface area contributed by atoms with Crippen molar-refractivity contribution in [3.05, 3.63) is 72.0 Å². The lowest BCUT2D eigenvalue weighted by molar-refractivity contribution is -0.140. The summed E-state index contributed by atoms with van der Waals surface area (Å²) in [5.41, 5.74) is 1.43. The van der Waals surface area contributed by atoms with Crippen molar-refractivity contribution in [2.45, 2.75) is 39.0 Å². The highest BCUT2D eigenvalue weighted by Crippen LogP contribution is 2.33. The van der Waals surface area contributed by atoms with Crippen LogP contribution in [0.4, 0.5) is 13.2 Å². The predicted molar refractivity (Wildman–Crippen MR) is 121 cm³/mol. The van der Waals surface area contributed by atoms with Gasteiger partial charge in [-0.1, -0.05) is 43.5 Å². The zero-order valence-corrected chi connectivity index (χ0v) is 18.4. The lowest BCUT2D eigenvalue weighted by Crippen LogP contribution is -2.22. The molecule has 6 heteroatoms. The summed E-state index contributed by atoms with van der Waals surface area (Å²) in [7, 11) is 0. The second-order valence-electron chi connectivity index (χ2n) is 8.15. The van der Waals surface area contributed by atoms with E-state index in [0.29, 0.717) is 16.7 Å². The molecule has 0 unspecified atom stereocenters. The Bertz CT molecular complexity index is 1140. The van der Waals surface area contributed by atoms with Crippen LogP contribution in [0.25, 0.3) is 22.3 Å². The van der Waals surface area contributed by atoms with E-state index in [1.165, 1.54) is 18.2 Å². The summed E-state index contributed by atoms with van der Waals surface area (Å²) in [5.74, 6) is -2.96. The zero-order chi connectivity index (χ0) is 23.4. The van der Waals surface area contributed by atoms with Gasteiger partial charge in [-0.25, -0.2) is 8.78 Å². The molecule has 0 aliphatic heterocycles. The third-order valence-corrected chi connectivity index (χ3v) is 5.95. The molecular formula is C27H25F3O3. The zero-order valence-electron chi connectivity index (χ0n) is 18.4. The van der Waals surface area contributed by atoms with Gasteiger partial charge in [0, 0.05) is 17.2 Å². The van der Waals surface area contributed by atoms with Crippen molar-refractivity contribution >= 4 is 5.97 Å². The molecule has 1 fully saturated rings. The van der Waals surface area contributed by atoms with Gasteiger partial charge in [-0.2, -0.15) is 4.39 Å². The summed E-state index contributed by atoms with van der Waals surface area (Å²) >= 11 is 0. The van der Waals surface area contributed by atoms with E-state index in [1.807, 2.05) is 0 Å². The minimum Gasteiger partial charge on any atom is -0.491 e.